The van der Waals surface area contributed by atoms with Gasteiger partial charge >= 0.3 is 0 Å². The van der Waals surface area contributed by atoms with Crippen LogP contribution in [0.15, 0.2) is 267 Å². The van der Waals surface area contributed by atoms with Crippen molar-refractivity contribution in [2.24, 2.45) is 0 Å². The van der Waals surface area contributed by atoms with Gasteiger partial charge in [-0.3, -0.25) is 0 Å². The zero-order valence-electron chi connectivity index (χ0n) is 39.4. The minimum atomic E-state index is 1.21. The van der Waals surface area contributed by atoms with Crippen LogP contribution in [0.4, 0.5) is 0 Å². The third-order valence-electron chi connectivity index (χ3n) is 15.6. The first-order chi connectivity index (χ1) is 35.8. The average molecular weight is 909 g/mol. The van der Waals surface area contributed by atoms with Crippen LogP contribution >= 0.6 is 0 Å². The summed E-state index contributed by atoms with van der Waals surface area (Å²) in [6, 6.07) is 99.2. The summed E-state index contributed by atoms with van der Waals surface area (Å²) in [4.78, 5) is 0. The van der Waals surface area contributed by atoms with Crippen molar-refractivity contribution >= 4 is 32.3 Å². The highest BCUT2D eigenvalue weighted by molar-refractivity contribution is 6.31. The van der Waals surface area contributed by atoms with Crippen LogP contribution in [0.5, 0.6) is 0 Å². The smallest absolute Gasteiger partial charge is 0.000719 e. The Morgan fingerprint density at radius 3 is 1.01 bits per heavy atom. The second-order valence-corrected chi connectivity index (χ2v) is 19.3. The van der Waals surface area contributed by atoms with Gasteiger partial charge in [-0.2, -0.15) is 0 Å². The third kappa shape index (κ3) is 5.93. The molecule has 0 amide bonds. The molecule has 0 unspecified atom stereocenters. The summed E-state index contributed by atoms with van der Waals surface area (Å²) >= 11 is 0. The van der Waals surface area contributed by atoms with E-state index in [1.165, 1.54) is 155 Å². The molecule has 332 valence electrons. The first-order valence-corrected chi connectivity index (χ1v) is 25.1. The maximum atomic E-state index is 2.44. The first-order valence-electron chi connectivity index (χ1n) is 25.1. The van der Waals surface area contributed by atoms with Gasteiger partial charge in [-0.05, 0) is 155 Å². The van der Waals surface area contributed by atoms with Gasteiger partial charge in [-0.1, -0.05) is 267 Å². The molecule has 2 aliphatic carbocycles. The molecule has 13 aromatic carbocycles. The molecule has 0 aromatic heterocycles. The van der Waals surface area contributed by atoms with Crippen LogP contribution in [0.2, 0.25) is 0 Å². The van der Waals surface area contributed by atoms with E-state index in [1.807, 2.05) is 0 Å². The highest BCUT2D eigenvalue weighted by atomic mass is 14.4. The van der Waals surface area contributed by atoms with Crippen molar-refractivity contribution in [3.63, 3.8) is 0 Å². The lowest BCUT2D eigenvalue weighted by Gasteiger charge is -2.22. The van der Waals surface area contributed by atoms with Crippen LogP contribution < -0.4 is 0 Å². The Kier molecular flexibility index (Phi) is 9.06. The Morgan fingerprint density at radius 2 is 0.444 bits per heavy atom. The molecular weight excluding hydrogens is 865 g/mol. The minimum Gasteiger partial charge on any atom is -0.0622 e. The monoisotopic (exact) mass is 908 g/mol. The normalized spacial score (nSPS) is 11.9. The van der Waals surface area contributed by atoms with Crippen LogP contribution in [0.1, 0.15) is 0 Å². The van der Waals surface area contributed by atoms with Crippen molar-refractivity contribution in [2.45, 2.75) is 0 Å². The minimum absolute atomic E-state index is 1.21. The molecule has 15 rings (SSSR count). The molecule has 13 aromatic rings. The van der Waals surface area contributed by atoms with Crippen molar-refractivity contribution in [3.8, 4) is 122 Å². The molecule has 0 atom stereocenters. The van der Waals surface area contributed by atoms with Gasteiger partial charge in [0.15, 0.2) is 0 Å². The summed E-state index contributed by atoms with van der Waals surface area (Å²) < 4.78 is 0. The Bertz CT molecular complexity index is 4340. The van der Waals surface area contributed by atoms with Crippen molar-refractivity contribution in [3.05, 3.63) is 267 Å². The van der Waals surface area contributed by atoms with Crippen molar-refractivity contribution in [1.82, 2.24) is 0 Å². The summed E-state index contributed by atoms with van der Waals surface area (Å²) in [6.45, 7) is 0. The van der Waals surface area contributed by atoms with Gasteiger partial charge < -0.3 is 0 Å². The molecule has 0 heteroatoms. The van der Waals surface area contributed by atoms with E-state index in [4.69, 9.17) is 0 Å². The van der Waals surface area contributed by atoms with E-state index in [-0.39, 0.29) is 0 Å². The standard InChI is InChI=1S/C72H44/c1-5-21-45(22-6-1)49-29-13-15-31-52(49)60-42-39-51(47-25-9-3-10-26-47)68-61-37-19-35-56-53(40-43-63(66(56)61)70(60)68)54-41-44-64-67-57(54)36-20-38-62(67)71-65(48-27-11-4-12-28-48)58-33-17-18-34-59(58)69(72(64)71)55-32-16-14-30-50(55)46-23-7-2-8-24-46/h1-44H. The number of hydrogen-bond acceptors (Lipinski definition) is 0. The van der Waals surface area contributed by atoms with E-state index in [0.29, 0.717) is 0 Å². The van der Waals surface area contributed by atoms with Gasteiger partial charge in [-0.25, -0.2) is 0 Å². The van der Waals surface area contributed by atoms with E-state index >= 15 is 0 Å². The molecule has 0 radical (unpaired) electrons. The second kappa shape index (κ2) is 16.1. The fourth-order valence-corrected chi connectivity index (χ4v) is 12.7. The lowest BCUT2D eigenvalue weighted by molar-refractivity contribution is 1.57. The fraction of sp³-hybridized carbons (Fsp3) is 0. The predicted octanol–water partition coefficient (Wildman–Crippen LogP) is 20.1. The van der Waals surface area contributed by atoms with Crippen molar-refractivity contribution in [1.29, 1.82) is 0 Å². The lowest BCUT2D eigenvalue weighted by atomic mass is 9.81. The molecule has 0 saturated heterocycles. The molecule has 0 fully saturated rings. The Labute approximate surface area is 419 Å². The van der Waals surface area contributed by atoms with Crippen molar-refractivity contribution in [2.75, 3.05) is 0 Å². The van der Waals surface area contributed by atoms with Crippen LogP contribution in [0.25, 0.3) is 155 Å². The molecule has 0 nitrogen and oxygen atoms in total. The lowest BCUT2D eigenvalue weighted by Crippen LogP contribution is -1.95. The summed E-state index contributed by atoms with van der Waals surface area (Å²) in [6.07, 6.45) is 0. The fourth-order valence-electron chi connectivity index (χ4n) is 12.7. The van der Waals surface area contributed by atoms with Gasteiger partial charge in [-0.15, -0.1) is 0 Å². The van der Waals surface area contributed by atoms with Crippen molar-refractivity contribution < 1.29 is 0 Å². The average Bonchev–Trinajstić information content (AvgIpc) is 3.98. The summed E-state index contributed by atoms with van der Waals surface area (Å²) in [7, 11) is 0. The van der Waals surface area contributed by atoms with E-state index in [2.05, 4.69) is 267 Å². The van der Waals surface area contributed by atoms with E-state index in [0.717, 1.165) is 0 Å². The maximum Gasteiger partial charge on any atom is -0.000719 e. The Balaban J connectivity index is 0.994. The highest BCUT2D eigenvalue weighted by Gasteiger charge is 2.34. The molecular formula is C72H44. The van der Waals surface area contributed by atoms with Gasteiger partial charge in [0.25, 0.3) is 0 Å². The van der Waals surface area contributed by atoms with Crippen LogP contribution in [-0.4, -0.2) is 0 Å². The van der Waals surface area contributed by atoms with E-state index in [9.17, 15) is 0 Å². The summed E-state index contributed by atoms with van der Waals surface area (Å²) in [5, 5.41) is 7.69. The van der Waals surface area contributed by atoms with E-state index < -0.39 is 0 Å². The van der Waals surface area contributed by atoms with Gasteiger partial charge in [0.05, 0.1) is 0 Å². The second-order valence-electron chi connectivity index (χ2n) is 19.3. The predicted molar refractivity (Wildman–Crippen MR) is 306 cm³/mol. The summed E-state index contributed by atoms with van der Waals surface area (Å²) in [5.74, 6) is 0. The number of benzene rings is 13. The maximum absolute atomic E-state index is 2.44. The summed E-state index contributed by atoms with van der Waals surface area (Å²) in [5.41, 5.74) is 27.8. The third-order valence-corrected chi connectivity index (χ3v) is 15.6. The molecule has 0 aliphatic heterocycles. The molecule has 0 saturated carbocycles. The quantitative estimate of drug-likeness (QED) is 0.149. The number of hydrogen-bond donors (Lipinski definition) is 0. The highest BCUT2D eigenvalue weighted by Crippen LogP contribution is 2.61. The Hall–Kier alpha value is -9.36. The largest absolute Gasteiger partial charge is 0.0622 e. The van der Waals surface area contributed by atoms with Gasteiger partial charge in [0.1, 0.15) is 0 Å². The zero-order valence-corrected chi connectivity index (χ0v) is 39.4. The number of rotatable bonds is 7. The van der Waals surface area contributed by atoms with Gasteiger partial charge in [0, 0.05) is 0 Å². The first kappa shape index (κ1) is 40.5. The molecule has 2 aliphatic rings. The van der Waals surface area contributed by atoms with E-state index in [1.54, 1.807) is 0 Å². The zero-order chi connectivity index (χ0) is 47.3. The SMILES string of the molecule is c1ccc(-c2ccccc2-c2ccc(-c3ccccc3)c3c2-c2ccc(-c4ccc5c6c(cccc46)-c4c-5c(-c5ccccc5-c5ccccc5)c5ccccc5c4-c4ccccc4)c4cccc-3c24)cc1. The van der Waals surface area contributed by atoms with Gasteiger partial charge in [0.2, 0.25) is 0 Å². The number of fused-ring (bicyclic) bond motifs is 7. The molecule has 0 bridgehead atoms. The molecule has 0 heterocycles. The Morgan fingerprint density at radius 1 is 0.125 bits per heavy atom. The van der Waals surface area contributed by atoms with Crippen LogP contribution in [0.3, 0.4) is 0 Å². The molecule has 72 heavy (non-hydrogen) atoms. The topological polar surface area (TPSA) is 0 Å². The molecule has 0 N–H and O–H groups in total. The van der Waals surface area contributed by atoms with Crippen LogP contribution in [-0.2, 0) is 0 Å². The molecule has 0 spiro atoms. The van der Waals surface area contributed by atoms with Crippen LogP contribution in [0, 0.1) is 0 Å².